The maximum Gasteiger partial charge on any atom is 0.219 e. The van der Waals surface area contributed by atoms with E-state index < -0.39 is 0 Å². The normalized spacial score (nSPS) is 23.4. The summed E-state index contributed by atoms with van der Waals surface area (Å²) in [5.41, 5.74) is -0.0802. The molecule has 1 N–H and O–H groups in total. The van der Waals surface area contributed by atoms with Gasteiger partial charge in [-0.15, -0.1) is 0 Å². The third kappa shape index (κ3) is 3.62. The lowest BCUT2D eigenvalue weighted by Crippen LogP contribution is -2.29. The van der Waals surface area contributed by atoms with Crippen LogP contribution in [0.4, 0.5) is 5.82 Å². The smallest absolute Gasteiger partial charge is 0.219 e. The summed E-state index contributed by atoms with van der Waals surface area (Å²) in [5, 5.41) is 3.10. The van der Waals surface area contributed by atoms with E-state index in [0.29, 0.717) is 11.8 Å². The van der Waals surface area contributed by atoms with Gasteiger partial charge in [0.05, 0.1) is 0 Å². The van der Waals surface area contributed by atoms with Gasteiger partial charge in [-0.3, -0.25) is 0 Å². The Morgan fingerprint density at radius 2 is 1.90 bits per heavy atom. The summed E-state index contributed by atoms with van der Waals surface area (Å²) in [6, 6.07) is 1.90. The summed E-state index contributed by atoms with van der Waals surface area (Å²) < 4.78 is 6.15. The zero-order valence-corrected chi connectivity index (χ0v) is 13.4. The Hall–Kier alpha value is -1.32. The SMILES string of the molecule is CNc1cc(OC2CCCCC2C)nc(C(C)(C)C)n1. The summed E-state index contributed by atoms with van der Waals surface area (Å²) in [4.78, 5) is 9.14. The number of anilines is 1. The molecule has 1 saturated carbocycles. The number of rotatable bonds is 3. The topological polar surface area (TPSA) is 47.0 Å². The summed E-state index contributed by atoms with van der Waals surface area (Å²) in [6.07, 6.45) is 5.24. The average Bonchev–Trinajstić information content (AvgIpc) is 2.40. The second-order valence-electron chi connectivity index (χ2n) is 6.83. The fourth-order valence-electron chi connectivity index (χ4n) is 2.56. The molecule has 4 heteroatoms. The number of hydrogen-bond acceptors (Lipinski definition) is 4. The summed E-state index contributed by atoms with van der Waals surface area (Å²) in [5.74, 6) is 2.95. The quantitative estimate of drug-likeness (QED) is 0.913. The fraction of sp³-hybridized carbons (Fsp3) is 0.750. The molecular weight excluding hydrogens is 250 g/mol. The van der Waals surface area contributed by atoms with Crippen LogP contribution in [0.1, 0.15) is 59.2 Å². The van der Waals surface area contributed by atoms with Crippen LogP contribution >= 0.6 is 0 Å². The van der Waals surface area contributed by atoms with Crippen LogP contribution in [0, 0.1) is 5.92 Å². The largest absolute Gasteiger partial charge is 0.474 e. The molecule has 112 valence electrons. The molecule has 0 amide bonds. The van der Waals surface area contributed by atoms with Crippen molar-refractivity contribution in [2.75, 3.05) is 12.4 Å². The van der Waals surface area contributed by atoms with Crippen molar-refractivity contribution in [3.63, 3.8) is 0 Å². The number of ether oxygens (including phenoxy) is 1. The molecule has 0 aliphatic heterocycles. The van der Waals surface area contributed by atoms with Crippen molar-refractivity contribution in [1.29, 1.82) is 0 Å². The molecule has 1 aliphatic rings. The van der Waals surface area contributed by atoms with Gasteiger partial charge in [-0.1, -0.05) is 34.1 Å². The number of hydrogen-bond donors (Lipinski definition) is 1. The van der Waals surface area contributed by atoms with Crippen LogP contribution in [0.5, 0.6) is 5.88 Å². The minimum Gasteiger partial charge on any atom is -0.474 e. The highest BCUT2D eigenvalue weighted by Crippen LogP contribution is 2.29. The van der Waals surface area contributed by atoms with Gasteiger partial charge >= 0.3 is 0 Å². The molecule has 2 unspecified atom stereocenters. The molecule has 2 rings (SSSR count). The van der Waals surface area contributed by atoms with Gasteiger partial charge in [0, 0.05) is 18.5 Å². The van der Waals surface area contributed by atoms with Crippen LogP contribution in [0.15, 0.2) is 6.07 Å². The highest BCUT2D eigenvalue weighted by molar-refractivity contribution is 5.38. The van der Waals surface area contributed by atoms with E-state index in [1.807, 2.05) is 13.1 Å². The van der Waals surface area contributed by atoms with Gasteiger partial charge in [-0.05, 0) is 25.2 Å². The zero-order valence-electron chi connectivity index (χ0n) is 13.4. The first-order valence-electron chi connectivity index (χ1n) is 7.64. The molecule has 0 spiro atoms. The predicted octanol–water partition coefficient (Wildman–Crippen LogP) is 3.77. The van der Waals surface area contributed by atoms with E-state index in [0.717, 1.165) is 18.1 Å². The van der Waals surface area contributed by atoms with Crippen LogP contribution in [-0.2, 0) is 5.41 Å². The molecule has 1 aromatic rings. The van der Waals surface area contributed by atoms with Crippen LogP contribution in [0.3, 0.4) is 0 Å². The van der Waals surface area contributed by atoms with E-state index >= 15 is 0 Å². The second-order valence-corrected chi connectivity index (χ2v) is 6.83. The molecule has 20 heavy (non-hydrogen) atoms. The van der Waals surface area contributed by atoms with E-state index in [4.69, 9.17) is 4.74 Å². The van der Waals surface area contributed by atoms with Gasteiger partial charge in [-0.2, -0.15) is 4.98 Å². The van der Waals surface area contributed by atoms with Crippen LogP contribution in [0.25, 0.3) is 0 Å². The van der Waals surface area contributed by atoms with Crippen molar-refractivity contribution in [2.45, 2.75) is 64.9 Å². The van der Waals surface area contributed by atoms with Crippen molar-refractivity contribution in [2.24, 2.45) is 5.92 Å². The van der Waals surface area contributed by atoms with E-state index in [9.17, 15) is 0 Å². The third-order valence-electron chi connectivity index (χ3n) is 3.93. The molecule has 1 aromatic heterocycles. The minimum atomic E-state index is -0.0802. The van der Waals surface area contributed by atoms with Gasteiger partial charge in [-0.25, -0.2) is 4.98 Å². The van der Waals surface area contributed by atoms with E-state index in [1.54, 1.807) is 0 Å². The van der Waals surface area contributed by atoms with Crippen molar-refractivity contribution in [3.8, 4) is 5.88 Å². The van der Waals surface area contributed by atoms with E-state index in [1.165, 1.54) is 19.3 Å². The van der Waals surface area contributed by atoms with Crippen molar-refractivity contribution in [3.05, 3.63) is 11.9 Å². The highest BCUT2D eigenvalue weighted by atomic mass is 16.5. The molecule has 1 heterocycles. The van der Waals surface area contributed by atoms with Crippen molar-refractivity contribution in [1.82, 2.24) is 9.97 Å². The van der Waals surface area contributed by atoms with Crippen LogP contribution in [-0.4, -0.2) is 23.1 Å². The summed E-state index contributed by atoms with van der Waals surface area (Å²) in [7, 11) is 1.88. The Morgan fingerprint density at radius 3 is 2.50 bits per heavy atom. The van der Waals surface area contributed by atoms with Gasteiger partial charge in [0.1, 0.15) is 17.7 Å². The van der Waals surface area contributed by atoms with Gasteiger partial charge in [0.15, 0.2) is 0 Å². The third-order valence-corrected chi connectivity index (χ3v) is 3.93. The zero-order chi connectivity index (χ0) is 14.8. The number of nitrogens with one attached hydrogen (secondary N) is 1. The van der Waals surface area contributed by atoms with E-state index in [-0.39, 0.29) is 11.5 Å². The highest BCUT2D eigenvalue weighted by Gasteiger charge is 2.25. The molecular formula is C16H27N3O. The molecule has 0 aromatic carbocycles. The van der Waals surface area contributed by atoms with E-state index in [2.05, 4.69) is 43.0 Å². The summed E-state index contributed by atoms with van der Waals surface area (Å²) >= 11 is 0. The van der Waals surface area contributed by atoms with Crippen molar-refractivity contribution < 1.29 is 4.74 Å². The molecule has 0 bridgehead atoms. The van der Waals surface area contributed by atoms with Crippen molar-refractivity contribution >= 4 is 5.82 Å². The number of aromatic nitrogens is 2. The average molecular weight is 277 g/mol. The fourth-order valence-corrected chi connectivity index (χ4v) is 2.56. The Labute approximate surface area is 122 Å². The van der Waals surface area contributed by atoms with Gasteiger partial charge in [0.2, 0.25) is 5.88 Å². The Balaban J connectivity index is 2.22. The maximum atomic E-state index is 6.15. The lowest BCUT2D eigenvalue weighted by Gasteiger charge is -2.29. The lowest BCUT2D eigenvalue weighted by molar-refractivity contribution is 0.0969. The minimum absolute atomic E-state index is 0.0802. The Kier molecular flexibility index (Phi) is 4.51. The lowest BCUT2D eigenvalue weighted by atomic mass is 9.88. The first-order valence-corrected chi connectivity index (χ1v) is 7.64. The molecule has 1 aliphatic carbocycles. The van der Waals surface area contributed by atoms with Crippen LogP contribution in [0.2, 0.25) is 0 Å². The standard InChI is InChI=1S/C16H27N3O/c1-11-8-6-7-9-12(11)20-14-10-13(17-5)18-15(19-14)16(2,3)4/h10-12H,6-9H2,1-5H3,(H,17,18,19). The second kappa shape index (κ2) is 5.98. The predicted molar refractivity (Wildman–Crippen MR) is 82.3 cm³/mol. The first kappa shape index (κ1) is 15.1. The van der Waals surface area contributed by atoms with Gasteiger partial charge in [0.25, 0.3) is 0 Å². The monoisotopic (exact) mass is 277 g/mol. The van der Waals surface area contributed by atoms with Crippen LogP contribution < -0.4 is 10.1 Å². The molecule has 2 atom stereocenters. The number of nitrogens with zero attached hydrogens (tertiary/aromatic N) is 2. The first-order chi connectivity index (χ1) is 9.40. The van der Waals surface area contributed by atoms with Gasteiger partial charge < -0.3 is 10.1 Å². The molecule has 0 radical (unpaired) electrons. The summed E-state index contributed by atoms with van der Waals surface area (Å²) in [6.45, 7) is 8.63. The molecule has 0 saturated heterocycles. The Bertz CT molecular complexity index is 454. The molecule has 4 nitrogen and oxygen atoms in total. The Morgan fingerprint density at radius 1 is 1.20 bits per heavy atom. The molecule has 1 fully saturated rings. The maximum absolute atomic E-state index is 6.15.